The monoisotopic (exact) mass is 238 g/mol. The first-order valence-corrected chi connectivity index (χ1v) is 6.72. The molecule has 0 spiro atoms. The number of nitrogens with one attached hydrogen (secondary N) is 1. The van der Waals surface area contributed by atoms with Gasteiger partial charge in [-0.05, 0) is 31.7 Å². The van der Waals surface area contributed by atoms with Crippen molar-refractivity contribution in [3.8, 4) is 0 Å². The summed E-state index contributed by atoms with van der Waals surface area (Å²) in [6, 6.07) is 0. The van der Waals surface area contributed by atoms with Crippen LogP contribution in [-0.4, -0.2) is 28.4 Å². The minimum atomic E-state index is 0.313. The maximum absolute atomic E-state index is 4.42. The minimum absolute atomic E-state index is 0.313. The first-order valence-electron chi connectivity index (χ1n) is 6.72. The molecular weight excluding hydrogens is 212 g/mol. The summed E-state index contributed by atoms with van der Waals surface area (Å²) in [6.45, 7) is 8.71. The van der Waals surface area contributed by atoms with Gasteiger partial charge in [0, 0.05) is 19.5 Å². The Kier molecular flexibility index (Phi) is 5.62. The molecular formula is C13H26N4. The van der Waals surface area contributed by atoms with Crippen LogP contribution < -0.4 is 5.32 Å². The largest absolute Gasteiger partial charge is 0.319 e. The fourth-order valence-corrected chi connectivity index (χ4v) is 2.35. The van der Waals surface area contributed by atoms with E-state index in [1.165, 1.54) is 12.8 Å². The van der Waals surface area contributed by atoms with Gasteiger partial charge in [-0.2, -0.15) is 5.10 Å². The fourth-order valence-electron chi connectivity index (χ4n) is 2.35. The molecule has 0 fully saturated rings. The SMILES string of the molecule is CCCn1ncnc1CC(CC)(CC)CNC. The van der Waals surface area contributed by atoms with Gasteiger partial charge >= 0.3 is 0 Å². The van der Waals surface area contributed by atoms with Crippen LogP contribution in [0.4, 0.5) is 0 Å². The molecule has 4 heteroatoms. The molecule has 1 heterocycles. The minimum Gasteiger partial charge on any atom is -0.319 e. The number of rotatable bonds is 8. The molecule has 1 aromatic rings. The average molecular weight is 238 g/mol. The van der Waals surface area contributed by atoms with Gasteiger partial charge in [-0.1, -0.05) is 20.8 Å². The number of hydrogen-bond donors (Lipinski definition) is 1. The molecule has 4 nitrogen and oxygen atoms in total. The van der Waals surface area contributed by atoms with Crippen LogP contribution in [0.15, 0.2) is 6.33 Å². The number of hydrogen-bond acceptors (Lipinski definition) is 3. The predicted octanol–water partition coefficient (Wildman–Crippen LogP) is 2.26. The van der Waals surface area contributed by atoms with Crippen molar-refractivity contribution in [3.63, 3.8) is 0 Å². The van der Waals surface area contributed by atoms with E-state index in [0.29, 0.717) is 5.41 Å². The van der Waals surface area contributed by atoms with Crippen LogP contribution in [0.2, 0.25) is 0 Å². The van der Waals surface area contributed by atoms with Gasteiger partial charge in [0.25, 0.3) is 0 Å². The molecule has 0 aromatic carbocycles. The van der Waals surface area contributed by atoms with E-state index < -0.39 is 0 Å². The summed E-state index contributed by atoms with van der Waals surface area (Å²) < 4.78 is 2.05. The zero-order chi connectivity index (χ0) is 12.7. The van der Waals surface area contributed by atoms with Crippen molar-refractivity contribution in [3.05, 3.63) is 12.2 Å². The van der Waals surface area contributed by atoms with Crippen molar-refractivity contribution in [2.24, 2.45) is 5.41 Å². The summed E-state index contributed by atoms with van der Waals surface area (Å²) in [4.78, 5) is 4.42. The zero-order valence-corrected chi connectivity index (χ0v) is 11.7. The molecule has 1 aromatic heterocycles. The van der Waals surface area contributed by atoms with E-state index in [1.807, 2.05) is 7.05 Å². The average Bonchev–Trinajstić information content (AvgIpc) is 2.76. The highest BCUT2D eigenvalue weighted by Gasteiger charge is 2.27. The third-order valence-electron chi connectivity index (χ3n) is 3.72. The van der Waals surface area contributed by atoms with Crippen molar-refractivity contribution in [1.29, 1.82) is 0 Å². The highest BCUT2D eigenvalue weighted by molar-refractivity contribution is 4.94. The third-order valence-corrected chi connectivity index (χ3v) is 3.72. The Balaban J connectivity index is 2.81. The molecule has 0 saturated heterocycles. The van der Waals surface area contributed by atoms with Crippen LogP contribution in [0.25, 0.3) is 0 Å². The number of nitrogens with zero attached hydrogens (tertiary/aromatic N) is 3. The summed E-state index contributed by atoms with van der Waals surface area (Å²) in [5, 5.41) is 7.62. The van der Waals surface area contributed by atoms with Gasteiger partial charge in [0.2, 0.25) is 0 Å². The lowest BCUT2D eigenvalue weighted by molar-refractivity contribution is 0.243. The molecule has 17 heavy (non-hydrogen) atoms. The Bertz CT molecular complexity index is 315. The molecule has 0 aliphatic carbocycles. The second-order valence-corrected chi connectivity index (χ2v) is 4.81. The van der Waals surface area contributed by atoms with Gasteiger partial charge in [0.15, 0.2) is 0 Å². The molecule has 0 aliphatic rings. The van der Waals surface area contributed by atoms with Crippen molar-refractivity contribution >= 4 is 0 Å². The summed E-state index contributed by atoms with van der Waals surface area (Å²) in [6.07, 6.45) is 6.14. The normalized spacial score (nSPS) is 12.0. The smallest absolute Gasteiger partial charge is 0.138 e. The van der Waals surface area contributed by atoms with E-state index in [1.54, 1.807) is 6.33 Å². The summed E-state index contributed by atoms with van der Waals surface area (Å²) >= 11 is 0. The van der Waals surface area contributed by atoms with Crippen LogP contribution in [0.1, 0.15) is 45.9 Å². The Morgan fingerprint density at radius 2 is 2.00 bits per heavy atom. The van der Waals surface area contributed by atoms with Crippen molar-refractivity contribution in [2.75, 3.05) is 13.6 Å². The molecule has 0 bridgehead atoms. The predicted molar refractivity (Wildman–Crippen MR) is 71.0 cm³/mol. The lowest BCUT2D eigenvalue weighted by Gasteiger charge is -2.31. The molecule has 98 valence electrons. The van der Waals surface area contributed by atoms with Gasteiger partial charge in [0.1, 0.15) is 12.2 Å². The quantitative estimate of drug-likeness (QED) is 0.755. The molecule has 0 amide bonds. The standard InChI is InChI=1S/C13H26N4/c1-5-8-17-12(15-11-16-17)9-13(6-2,7-3)10-14-4/h11,14H,5-10H2,1-4H3. The van der Waals surface area contributed by atoms with Gasteiger partial charge < -0.3 is 5.32 Å². The summed E-state index contributed by atoms with van der Waals surface area (Å²) in [5.74, 6) is 1.13. The molecule has 1 N–H and O–H groups in total. The number of aryl methyl sites for hydroxylation is 1. The Morgan fingerprint density at radius 1 is 1.29 bits per heavy atom. The van der Waals surface area contributed by atoms with Gasteiger partial charge in [-0.25, -0.2) is 4.98 Å². The van der Waals surface area contributed by atoms with Gasteiger partial charge in [-0.15, -0.1) is 0 Å². The lowest BCUT2D eigenvalue weighted by atomic mass is 9.79. The van der Waals surface area contributed by atoms with E-state index in [0.717, 1.165) is 31.8 Å². The van der Waals surface area contributed by atoms with Gasteiger partial charge in [-0.3, -0.25) is 4.68 Å². The summed E-state index contributed by atoms with van der Waals surface area (Å²) in [5.41, 5.74) is 0.313. The topological polar surface area (TPSA) is 42.7 Å². The van der Waals surface area contributed by atoms with Crippen LogP contribution >= 0.6 is 0 Å². The Labute approximate surface area is 105 Å². The van der Waals surface area contributed by atoms with E-state index in [4.69, 9.17) is 0 Å². The van der Waals surface area contributed by atoms with E-state index in [9.17, 15) is 0 Å². The van der Waals surface area contributed by atoms with Crippen molar-refractivity contribution in [2.45, 2.75) is 53.0 Å². The van der Waals surface area contributed by atoms with Gasteiger partial charge in [0.05, 0.1) is 0 Å². The second-order valence-electron chi connectivity index (χ2n) is 4.81. The van der Waals surface area contributed by atoms with Crippen LogP contribution in [0, 0.1) is 5.41 Å². The molecule has 0 atom stereocenters. The molecule has 0 unspecified atom stereocenters. The molecule has 0 aliphatic heterocycles. The van der Waals surface area contributed by atoms with Crippen molar-refractivity contribution in [1.82, 2.24) is 20.1 Å². The maximum Gasteiger partial charge on any atom is 0.138 e. The third kappa shape index (κ3) is 3.53. The highest BCUT2D eigenvalue weighted by atomic mass is 15.3. The maximum atomic E-state index is 4.42. The molecule has 0 radical (unpaired) electrons. The fraction of sp³-hybridized carbons (Fsp3) is 0.846. The van der Waals surface area contributed by atoms with Crippen LogP contribution in [0.5, 0.6) is 0 Å². The zero-order valence-electron chi connectivity index (χ0n) is 11.7. The second kappa shape index (κ2) is 6.74. The van der Waals surface area contributed by atoms with Crippen LogP contribution in [-0.2, 0) is 13.0 Å². The first-order chi connectivity index (χ1) is 8.21. The molecule has 1 rings (SSSR count). The highest BCUT2D eigenvalue weighted by Crippen LogP contribution is 2.29. The van der Waals surface area contributed by atoms with E-state index in [-0.39, 0.29) is 0 Å². The Morgan fingerprint density at radius 3 is 2.53 bits per heavy atom. The van der Waals surface area contributed by atoms with E-state index in [2.05, 4.69) is 40.9 Å². The van der Waals surface area contributed by atoms with Crippen molar-refractivity contribution < 1.29 is 0 Å². The Hall–Kier alpha value is -0.900. The lowest BCUT2D eigenvalue weighted by Crippen LogP contribution is -2.34. The number of aromatic nitrogens is 3. The summed E-state index contributed by atoms with van der Waals surface area (Å²) in [7, 11) is 2.02. The molecule has 0 saturated carbocycles. The van der Waals surface area contributed by atoms with Crippen LogP contribution in [0.3, 0.4) is 0 Å². The van der Waals surface area contributed by atoms with E-state index >= 15 is 0 Å². The first kappa shape index (κ1) is 14.2.